The zero-order valence-electron chi connectivity index (χ0n) is 18.4. The van der Waals surface area contributed by atoms with Gasteiger partial charge in [-0.3, -0.25) is 4.90 Å². The van der Waals surface area contributed by atoms with Crippen LogP contribution in [0.2, 0.25) is 0 Å². The van der Waals surface area contributed by atoms with Gasteiger partial charge in [0.25, 0.3) is 0 Å². The van der Waals surface area contributed by atoms with E-state index < -0.39 is 0 Å². The molecule has 0 saturated heterocycles. The fraction of sp³-hybridized carbons (Fsp3) is 0.308. The van der Waals surface area contributed by atoms with Crippen LogP contribution in [0.3, 0.4) is 0 Å². The van der Waals surface area contributed by atoms with Gasteiger partial charge in [0, 0.05) is 19.6 Å². The first kappa shape index (κ1) is 19.8. The van der Waals surface area contributed by atoms with Crippen molar-refractivity contribution in [2.75, 3.05) is 35.0 Å². The summed E-state index contributed by atoms with van der Waals surface area (Å²) in [7, 11) is 6.76. The average molecular weight is 418 g/mol. The number of ether oxygens (including phenoxy) is 4. The molecular formula is C26H27NO4. The van der Waals surface area contributed by atoms with Gasteiger partial charge in [-0.05, 0) is 52.1 Å². The first-order valence-corrected chi connectivity index (χ1v) is 10.4. The highest BCUT2D eigenvalue weighted by molar-refractivity contribution is 5.64. The molecule has 2 heterocycles. The van der Waals surface area contributed by atoms with Crippen molar-refractivity contribution in [1.29, 1.82) is 0 Å². The van der Waals surface area contributed by atoms with Gasteiger partial charge in [-0.25, -0.2) is 0 Å². The number of fused-ring (bicyclic) bond motifs is 6. The summed E-state index contributed by atoms with van der Waals surface area (Å²) in [4.78, 5) is 2.50. The molecule has 0 amide bonds. The summed E-state index contributed by atoms with van der Waals surface area (Å²) in [5.74, 6) is 3.02. The van der Waals surface area contributed by atoms with Crippen LogP contribution in [0.5, 0.6) is 23.0 Å². The second kappa shape index (κ2) is 7.50. The molecule has 0 spiro atoms. The van der Waals surface area contributed by atoms with E-state index in [1.54, 1.807) is 28.4 Å². The molecule has 0 N–H and O–H groups in total. The monoisotopic (exact) mass is 417 g/mol. The quantitative estimate of drug-likeness (QED) is 0.616. The van der Waals surface area contributed by atoms with E-state index in [4.69, 9.17) is 18.9 Å². The number of nitrogens with zero attached hydrogens (tertiary/aromatic N) is 1. The minimum absolute atomic E-state index is 0.346. The van der Waals surface area contributed by atoms with Crippen LogP contribution in [0.25, 0.3) is 0 Å². The van der Waals surface area contributed by atoms with Gasteiger partial charge in [0.15, 0.2) is 23.0 Å². The lowest BCUT2D eigenvalue weighted by Gasteiger charge is -2.50. The molecule has 31 heavy (non-hydrogen) atoms. The van der Waals surface area contributed by atoms with Crippen LogP contribution in [-0.4, -0.2) is 39.9 Å². The summed E-state index contributed by atoms with van der Waals surface area (Å²) < 4.78 is 22.7. The van der Waals surface area contributed by atoms with Crippen LogP contribution in [0.1, 0.15) is 27.8 Å². The van der Waals surface area contributed by atoms with Crippen LogP contribution in [-0.2, 0) is 18.5 Å². The first-order valence-electron chi connectivity index (χ1n) is 10.4. The van der Waals surface area contributed by atoms with Crippen molar-refractivity contribution in [3.63, 3.8) is 0 Å². The minimum atomic E-state index is -0.346. The Bertz CT molecular complexity index is 1060. The summed E-state index contributed by atoms with van der Waals surface area (Å²) in [5, 5.41) is 0. The molecule has 5 rings (SSSR count). The Kier molecular flexibility index (Phi) is 4.78. The molecule has 0 atom stereocenters. The molecule has 3 aromatic carbocycles. The average Bonchev–Trinajstić information content (AvgIpc) is 2.82. The van der Waals surface area contributed by atoms with Crippen LogP contribution >= 0.6 is 0 Å². The van der Waals surface area contributed by atoms with Gasteiger partial charge >= 0.3 is 0 Å². The number of rotatable bonds is 5. The molecule has 0 aromatic heterocycles. The van der Waals surface area contributed by atoms with Crippen LogP contribution in [0.4, 0.5) is 0 Å². The van der Waals surface area contributed by atoms with Crippen LogP contribution < -0.4 is 18.9 Å². The predicted molar refractivity (Wildman–Crippen MR) is 120 cm³/mol. The van der Waals surface area contributed by atoms with Crippen molar-refractivity contribution < 1.29 is 18.9 Å². The molecule has 160 valence electrons. The molecular weight excluding hydrogens is 390 g/mol. The van der Waals surface area contributed by atoms with Crippen LogP contribution in [0.15, 0.2) is 54.6 Å². The van der Waals surface area contributed by atoms with Gasteiger partial charge in [-0.15, -0.1) is 0 Å². The zero-order valence-corrected chi connectivity index (χ0v) is 18.4. The van der Waals surface area contributed by atoms with Crippen molar-refractivity contribution in [2.45, 2.75) is 18.5 Å². The number of hydrogen-bond acceptors (Lipinski definition) is 5. The molecule has 5 nitrogen and oxygen atoms in total. The Balaban J connectivity index is 1.87. The van der Waals surface area contributed by atoms with Gasteiger partial charge in [0.1, 0.15) is 0 Å². The molecule has 0 fully saturated rings. The minimum Gasteiger partial charge on any atom is -0.493 e. The molecule has 2 aliphatic rings. The third-order valence-corrected chi connectivity index (χ3v) is 6.65. The van der Waals surface area contributed by atoms with Crippen molar-refractivity contribution in [3.8, 4) is 23.0 Å². The van der Waals surface area contributed by atoms with E-state index in [2.05, 4.69) is 59.5 Å². The second-order valence-electron chi connectivity index (χ2n) is 8.15. The van der Waals surface area contributed by atoms with Gasteiger partial charge in [-0.1, -0.05) is 30.3 Å². The molecule has 0 aliphatic carbocycles. The lowest BCUT2D eigenvalue weighted by atomic mass is 9.63. The standard InChI is InChI=1S/C26H27NO4/c1-28-22-10-17-14-27-15-18-11-23(29-2)25(31-4)13-21(18)26(16-27,19-8-6-5-7-9-19)20(17)12-24(22)30-3/h5-13H,14-16H2,1-4H3. The van der Waals surface area contributed by atoms with E-state index in [0.717, 1.165) is 42.6 Å². The third-order valence-electron chi connectivity index (χ3n) is 6.65. The number of hydrogen-bond donors (Lipinski definition) is 0. The highest BCUT2D eigenvalue weighted by atomic mass is 16.5. The Morgan fingerprint density at radius 2 is 1.10 bits per heavy atom. The number of methoxy groups -OCH3 is 4. The van der Waals surface area contributed by atoms with E-state index >= 15 is 0 Å². The van der Waals surface area contributed by atoms with Gasteiger partial charge in [0.05, 0.1) is 33.9 Å². The topological polar surface area (TPSA) is 40.2 Å². The summed E-state index contributed by atoms with van der Waals surface area (Å²) in [6, 6.07) is 19.3. The molecule has 2 bridgehead atoms. The lowest BCUT2D eigenvalue weighted by molar-refractivity contribution is 0.182. The van der Waals surface area contributed by atoms with Gasteiger partial charge < -0.3 is 18.9 Å². The summed E-state index contributed by atoms with van der Waals surface area (Å²) in [5.41, 5.74) is 5.92. The predicted octanol–water partition coefficient (Wildman–Crippen LogP) is 4.38. The van der Waals surface area contributed by atoms with E-state index in [-0.39, 0.29) is 5.41 Å². The van der Waals surface area contributed by atoms with Crippen molar-refractivity contribution in [2.24, 2.45) is 0 Å². The maximum Gasteiger partial charge on any atom is 0.161 e. The zero-order chi connectivity index (χ0) is 21.6. The first-order chi connectivity index (χ1) is 15.1. The second-order valence-corrected chi connectivity index (χ2v) is 8.15. The normalized spacial score (nSPS) is 21.0. The van der Waals surface area contributed by atoms with E-state index in [1.165, 1.54) is 27.8 Å². The van der Waals surface area contributed by atoms with E-state index in [0.29, 0.717) is 0 Å². The Morgan fingerprint density at radius 3 is 1.55 bits per heavy atom. The van der Waals surface area contributed by atoms with E-state index in [9.17, 15) is 0 Å². The smallest absolute Gasteiger partial charge is 0.161 e. The molecule has 2 aliphatic heterocycles. The SMILES string of the molecule is COc1cc2c(cc1OC)C1(c3ccccc3)CN(C2)Cc2cc(OC)c(OC)cc21. The summed E-state index contributed by atoms with van der Waals surface area (Å²) >= 11 is 0. The summed E-state index contributed by atoms with van der Waals surface area (Å²) in [6.45, 7) is 2.61. The Hall–Kier alpha value is -3.18. The maximum absolute atomic E-state index is 5.71. The molecule has 0 radical (unpaired) electrons. The highest BCUT2D eigenvalue weighted by Gasteiger charge is 2.47. The molecule has 0 unspecified atom stereocenters. The van der Waals surface area contributed by atoms with Gasteiger partial charge in [0.2, 0.25) is 0 Å². The molecule has 0 saturated carbocycles. The lowest BCUT2D eigenvalue weighted by Crippen LogP contribution is -2.50. The van der Waals surface area contributed by atoms with Crippen molar-refractivity contribution in [1.82, 2.24) is 4.90 Å². The number of benzene rings is 3. The van der Waals surface area contributed by atoms with E-state index in [1.807, 2.05) is 0 Å². The molecule has 5 heteroatoms. The maximum atomic E-state index is 5.71. The largest absolute Gasteiger partial charge is 0.493 e. The van der Waals surface area contributed by atoms with Gasteiger partial charge in [-0.2, -0.15) is 0 Å². The van der Waals surface area contributed by atoms with Crippen molar-refractivity contribution >= 4 is 0 Å². The van der Waals surface area contributed by atoms with Crippen LogP contribution in [0, 0.1) is 0 Å². The third kappa shape index (κ3) is 2.87. The fourth-order valence-corrected chi connectivity index (χ4v) is 5.32. The Morgan fingerprint density at radius 1 is 0.645 bits per heavy atom. The summed E-state index contributed by atoms with van der Waals surface area (Å²) in [6.07, 6.45) is 0. The fourth-order valence-electron chi connectivity index (χ4n) is 5.32. The Labute approximate surface area is 183 Å². The van der Waals surface area contributed by atoms with Crippen molar-refractivity contribution in [3.05, 3.63) is 82.4 Å². The molecule has 3 aromatic rings. The highest BCUT2D eigenvalue weighted by Crippen LogP contribution is 2.52.